The van der Waals surface area contributed by atoms with Gasteiger partial charge in [0, 0.05) is 23.5 Å². The smallest absolute Gasteiger partial charge is 0.230 e. The summed E-state index contributed by atoms with van der Waals surface area (Å²) >= 11 is 1.37. The van der Waals surface area contributed by atoms with Gasteiger partial charge in [-0.1, -0.05) is 17.8 Å². The highest BCUT2D eigenvalue weighted by molar-refractivity contribution is 7.99. The van der Waals surface area contributed by atoms with E-state index < -0.39 is 11.6 Å². The molecule has 1 aliphatic rings. The van der Waals surface area contributed by atoms with E-state index in [0.717, 1.165) is 41.6 Å². The zero-order chi connectivity index (χ0) is 19.5. The molecule has 1 atom stereocenters. The van der Waals surface area contributed by atoms with Crippen LogP contribution in [0.25, 0.3) is 5.69 Å². The average molecular weight is 400 g/mol. The number of rotatable bonds is 5. The van der Waals surface area contributed by atoms with Crippen molar-refractivity contribution in [3.05, 3.63) is 71.7 Å². The van der Waals surface area contributed by atoms with Crippen LogP contribution in [0.5, 0.6) is 0 Å². The number of pyridine rings is 1. The van der Waals surface area contributed by atoms with E-state index in [9.17, 15) is 13.6 Å². The highest BCUT2D eigenvalue weighted by Gasteiger charge is 2.26. The van der Waals surface area contributed by atoms with Gasteiger partial charge in [0.05, 0.1) is 23.0 Å². The van der Waals surface area contributed by atoms with E-state index in [1.54, 1.807) is 12.4 Å². The maximum atomic E-state index is 14.2. The zero-order valence-corrected chi connectivity index (χ0v) is 15.8. The minimum absolute atomic E-state index is 0.0887. The zero-order valence-electron chi connectivity index (χ0n) is 14.9. The summed E-state index contributed by atoms with van der Waals surface area (Å²) in [5, 5.41) is 8.13. The minimum Gasteiger partial charge on any atom is -0.348 e. The predicted molar refractivity (Wildman–Crippen MR) is 102 cm³/mol. The van der Waals surface area contributed by atoms with E-state index in [0.29, 0.717) is 0 Å². The fourth-order valence-corrected chi connectivity index (χ4v) is 4.05. The van der Waals surface area contributed by atoms with Gasteiger partial charge in [0.1, 0.15) is 11.5 Å². The van der Waals surface area contributed by atoms with Gasteiger partial charge in [-0.05, 0) is 43.5 Å². The molecule has 4 rings (SSSR count). The number of halogens is 2. The first-order valence-corrected chi connectivity index (χ1v) is 9.96. The number of amides is 1. The second-order valence-electron chi connectivity index (χ2n) is 6.52. The predicted octanol–water partition coefficient (Wildman–Crippen LogP) is 3.83. The number of hydrogen-bond donors (Lipinski definition) is 1. The van der Waals surface area contributed by atoms with E-state index >= 15 is 0 Å². The Kier molecular flexibility index (Phi) is 5.38. The number of nitrogens with zero attached hydrogens (tertiary/aromatic N) is 3. The first kappa shape index (κ1) is 18.6. The van der Waals surface area contributed by atoms with Crippen LogP contribution in [0.2, 0.25) is 0 Å². The highest BCUT2D eigenvalue weighted by atomic mass is 32.2. The largest absolute Gasteiger partial charge is 0.348 e. The second-order valence-corrected chi connectivity index (χ2v) is 7.52. The topological polar surface area (TPSA) is 59.8 Å². The van der Waals surface area contributed by atoms with Gasteiger partial charge >= 0.3 is 0 Å². The van der Waals surface area contributed by atoms with Crippen molar-refractivity contribution < 1.29 is 13.6 Å². The molecule has 0 spiro atoms. The van der Waals surface area contributed by atoms with Crippen LogP contribution in [-0.4, -0.2) is 26.4 Å². The van der Waals surface area contributed by atoms with E-state index in [4.69, 9.17) is 0 Å². The Morgan fingerprint density at radius 3 is 2.96 bits per heavy atom. The first-order chi connectivity index (χ1) is 13.6. The molecule has 5 nitrogen and oxygen atoms in total. The van der Waals surface area contributed by atoms with Crippen molar-refractivity contribution in [2.75, 3.05) is 5.75 Å². The van der Waals surface area contributed by atoms with Gasteiger partial charge in [-0.2, -0.15) is 5.10 Å². The molecule has 0 bridgehead atoms. The van der Waals surface area contributed by atoms with Gasteiger partial charge in [-0.3, -0.25) is 4.79 Å². The van der Waals surface area contributed by atoms with Crippen LogP contribution < -0.4 is 5.32 Å². The molecule has 0 aliphatic heterocycles. The fourth-order valence-electron chi connectivity index (χ4n) is 3.38. The molecule has 0 radical (unpaired) electrons. The van der Waals surface area contributed by atoms with Crippen LogP contribution in [0.4, 0.5) is 8.78 Å². The summed E-state index contributed by atoms with van der Waals surface area (Å²) in [4.78, 5) is 16.6. The maximum absolute atomic E-state index is 14.2. The maximum Gasteiger partial charge on any atom is 0.230 e. The molecule has 2 aromatic heterocycles. The van der Waals surface area contributed by atoms with Crippen LogP contribution in [-0.2, 0) is 11.2 Å². The molecule has 1 aromatic carbocycles. The number of thioether (sulfide) groups is 1. The number of aromatic nitrogens is 3. The summed E-state index contributed by atoms with van der Waals surface area (Å²) in [6.07, 6.45) is 5.72. The van der Waals surface area contributed by atoms with E-state index in [2.05, 4.69) is 15.4 Å². The average Bonchev–Trinajstić information content (AvgIpc) is 3.12. The van der Waals surface area contributed by atoms with Gasteiger partial charge in [0.15, 0.2) is 5.82 Å². The second kappa shape index (κ2) is 8.10. The van der Waals surface area contributed by atoms with Crippen LogP contribution in [0.15, 0.2) is 53.8 Å². The van der Waals surface area contributed by atoms with Crippen LogP contribution >= 0.6 is 11.8 Å². The monoisotopic (exact) mass is 400 g/mol. The van der Waals surface area contributed by atoms with Gasteiger partial charge in [-0.15, -0.1) is 0 Å². The fraction of sp³-hybridized carbons (Fsp3) is 0.250. The molecule has 28 heavy (non-hydrogen) atoms. The van der Waals surface area contributed by atoms with Crippen LogP contribution in [0.1, 0.15) is 30.1 Å². The van der Waals surface area contributed by atoms with Crippen LogP contribution in [0, 0.1) is 11.6 Å². The normalized spacial score (nSPS) is 15.9. The molecule has 0 fully saturated rings. The standard InChI is InChI=1S/C20H18F2N4OS/c21-13-7-8-18(15(22)10-13)26-17-5-3-4-16(14(17)11-24-26)25-19(27)12-28-20-6-1-2-9-23-20/h1-2,6-11,16H,3-5,12H2,(H,25,27)/t16-/m0/s1. The van der Waals surface area contributed by atoms with Gasteiger partial charge in [0.2, 0.25) is 5.91 Å². The number of carbonyl (C=O) groups excluding carboxylic acids is 1. The van der Waals surface area contributed by atoms with Gasteiger partial charge in [-0.25, -0.2) is 18.4 Å². The first-order valence-electron chi connectivity index (χ1n) is 8.97. The summed E-state index contributed by atoms with van der Waals surface area (Å²) in [7, 11) is 0. The summed E-state index contributed by atoms with van der Waals surface area (Å²) in [5.41, 5.74) is 1.94. The number of nitrogens with one attached hydrogen (secondary N) is 1. The summed E-state index contributed by atoms with van der Waals surface area (Å²) in [6, 6.07) is 8.84. The van der Waals surface area contributed by atoms with Crippen molar-refractivity contribution in [2.45, 2.75) is 30.3 Å². The molecule has 3 aromatic rings. The van der Waals surface area contributed by atoms with Crippen molar-refractivity contribution >= 4 is 17.7 Å². The number of benzene rings is 1. The third kappa shape index (κ3) is 3.91. The molecule has 1 N–H and O–H groups in total. The van der Waals surface area contributed by atoms with E-state index in [1.165, 1.54) is 28.6 Å². The number of carbonyl (C=O) groups is 1. The van der Waals surface area contributed by atoms with Gasteiger partial charge in [0.25, 0.3) is 0 Å². The highest BCUT2D eigenvalue weighted by Crippen LogP contribution is 2.31. The quantitative estimate of drug-likeness (QED) is 0.662. The van der Waals surface area contributed by atoms with Crippen LogP contribution in [0.3, 0.4) is 0 Å². The number of hydrogen-bond acceptors (Lipinski definition) is 4. The summed E-state index contributed by atoms with van der Waals surface area (Å²) < 4.78 is 28.9. The Labute approximate surface area is 165 Å². The molecule has 0 saturated heterocycles. The Morgan fingerprint density at radius 1 is 1.29 bits per heavy atom. The minimum atomic E-state index is -0.663. The summed E-state index contributed by atoms with van der Waals surface area (Å²) in [6.45, 7) is 0. The molecule has 0 unspecified atom stereocenters. The Balaban J connectivity index is 1.49. The molecule has 8 heteroatoms. The van der Waals surface area contributed by atoms with Crippen molar-refractivity contribution in [1.82, 2.24) is 20.1 Å². The molecule has 144 valence electrons. The molecule has 1 amide bonds. The molecule has 2 heterocycles. The van der Waals surface area contributed by atoms with Crippen molar-refractivity contribution in [1.29, 1.82) is 0 Å². The van der Waals surface area contributed by atoms with Crippen molar-refractivity contribution in [2.24, 2.45) is 0 Å². The summed E-state index contributed by atoms with van der Waals surface area (Å²) in [5.74, 6) is -1.11. The lowest BCUT2D eigenvalue weighted by molar-refractivity contribution is -0.119. The third-order valence-corrected chi connectivity index (χ3v) is 5.59. The lowest BCUT2D eigenvalue weighted by Crippen LogP contribution is -2.32. The molecule has 0 saturated carbocycles. The SMILES string of the molecule is O=C(CSc1ccccn1)N[C@H]1CCCc2c1cnn2-c1ccc(F)cc1F. The number of fused-ring (bicyclic) bond motifs is 1. The van der Waals surface area contributed by atoms with Crippen molar-refractivity contribution in [3.63, 3.8) is 0 Å². The third-order valence-electron chi connectivity index (χ3n) is 4.65. The lowest BCUT2D eigenvalue weighted by Gasteiger charge is -2.24. The molecule has 1 aliphatic carbocycles. The van der Waals surface area contributed by atoms with E-state index in [-0.39, 0.29) is 23.4 Å². The van der Waals surface area contributed by atoms with Crippen molar-refractivity contribution in [3.8, 4) is 5.69 Å². The Hall–Kier alpha value is -2.74. The Morgan fingerprint density at radius 2 is 2.18 bits per heavy atom. The molecular formula is C20H18F2N4OS. The Bertz CT molecular complexity index is 993. The van der Waals surface area contributed by atoms with E-state index in [1.807, 2.05) is 18.2 Å². The molecular weight excluding hydrogens is 382 g/mol. The van der Waals surface area contributed by atoms with Gasteiger partial charge < -0.3 is 5.32 Å². The lowest BCUT2D eigenvalue weighted by atomic mass is 9.93.